The molecule has 1 aromatic carbocycles. The van der Waals surface area contributed by atoms with Crippen molar-refractivity contribution in [3.05, 3.63) is 41.5 Å². The van der Waals surface area contributed by atoms with Crippen molar-refractivity contribution in [2.75, 3.05) is 13.7 Å². The van der Waals surface area contributed by atoms with E-state index >= 15 is 0 Å². The van der Waals surface area contributed by atoms with Crippen LogP contribution in [0.15, 0.2) is 28.8 Å². The first-order chi connectivity index (χ1) is 9.35. The fourth-order valence-corrected chi connectivity index (χ4v) is 2.30. The van der Waals surface area contributed by atoms with Crippen LogP contribution in [0.25, 0.3) is 0 Å². The molecule has 0 spiro atoms. The average molecular weight is 259 g/mol. The second-order valence-electron chi connectivity index (χ2n) is 4.72. The zero-order valence-electron chi connectivity index (χ0n) is 10.9. The van der Waals surface area contributed by atoms with E-state index in [1.165, 1.54) is 6.42 Å². The monoisotopic (exact) mass is 259 g/mol. The quantitative estimate of drug-likeness (QED) is 0.911. The number of ether oxygens (including phenoxy) is 1. The molecule has 5 nitrogen and oxygen atoms in total. The van der Waals surface area contributed by atoms with Gasteiger partial charge in [-0.1, -0.05) is 17.3 Å². The Labute approximate surface area is 112 Å². The third kappa shape index (κ3) is 2.76. The van der Waals surface area contributed by atoms with E-state index < -0.39 is 0 Å². The van der Waals surface area contributed by atoms with Crippen molar-refractivity contribution < 1.29 is 9.26 Å². The topological polar surface area (TPSA) is 60.2 Å². The number of rotatable bonds is 4. The van der Waals surface area contributed by atoms with Gasteiger partial charge in [-0.05, 0) is 37.1 Å². The maximum Gasteiger partial charge on any atom is 0.243 e. The van der Waals surface area contributed by atoms with Crippen molar-refractivity contribution in [3.63, 3.8) is 0 Å². The first-order valence-electron chi connectivity index (χ1n) is 6.54. The molecule has 0 radical (unpaired) electrons. The molecule has 0 unspecified atom stereocenters. The highest BCUT2D eigenvalue weighted by atomic mass is 16.5. The van der Waals surface area contributed by atoms with E-state index in [2.05, 4.69) is 15.5 Å². The summed E-state index contributed by atoms with van der Waals surface area (Å²) >= 11 is 0. The predicted molar refractivity (Wildman–Crippen MR) is 70.1 cm³/mol. The van der Waals surface area contributed by atoms with Crippen LogP contribution >= 0.6 is 0 Å². The van der Waals surface area contributed by atoms with E-state index in [-0.39, 0.29) is 6.04 Å². The number of nitrogens with zero attached hydrogens (tertiary/aromatic N) is 2. The van der Waals surface area contributed by atoms with E-state index in [9.17, 15) is 0 Å². The Kier molecular flexibility index (Phi) is 3.46. The molecule has 0 amide bonds. The summed E-state index contributed by atoms with van der Waals surface area (Å²) < 4.78 is 10.5. The number of benzene rings is 1. The lowest BCUT2D eigenvalue weighted by Gasteiger charge is -2.02. The van der Waals surface area contributed by atoms with E-state index in [1.807, 2.05) is 24.3 Å². The van der Waals surface area contributed by atoms with Gasteiger partial charge in [0.2, 0.25) is 5.89 Å². The molecule has 2 aromatic rings. The molecule has 1 aliphatic rings. The van der Waals surface area contributed by atoms with E-state index in [4.69, 9.17) is 9.26 Å². The van der Waals surface area contributed by atoms with Crippen molar-refractivity contribution in [3.8, 4) is 5.75 Å². The summed E-state index contributed by atoms with van der Waals surface area (Å²) in [4.78, 5) is 4.46. The van der Waals surface area contributed by atoms with Gasteiger partial charge in [0, 0.05) is 6.42 Å². The van der Waals surface area contributed by atoms with Crippen LogP contribution in [0.4, 0.5) is 0 Å². The molecule has 0 saturated carbocycles. The van der Waals surface area contributed by atoms with Crippen molar-refractivity contribution in [1.82, 2.24) is 15.5 Å². The van der Waals surface area contributed by atoms with Gasteiger partial charge in [-0.25, -0.2) is 0 Å². The standard InChI is InChI=1S/C14H17N3O2/c1-18-11-6-4-10(5-7-11)9-13-16-14(19-17-13)12-3-2-8-15-12/h4-7,12,15H,2-3,8-9H2,1H3/t12-/m0/s1. The minimum absolute atomic E-state index is 0.233. The van der Waals surface area contributed by atoms with Crippen LogP contribution in [0.2, 0.25) is 0 Å². The lowest BCUT2D eigenvalue weighted by Crippen LogP contribution is -2.13. The van der Waals surface area contributed by atoms with Crippen LogP contribution in [0.3, 0.4) is 0 Å². The van der Waals surface area contributed by atoms with E-state index in [1.54, 1.807) is 7.11 Å². The molecule has 100 valence electrons. The summed E-state index contributed by atoms with van der Waals surface area (Å²) in [6, 6.07) is 8.15. The Morgan fingerprint density at radius 1 is 1.37 bits per heavy atom. The van der Waals surface area contributed by atoms with Gasteiger partial charge in [-0.3, -0.25) is 0 Å². The summed E-state index contributed by atoms with van der Waals surface area (Å²) in [7, 11) is 1.66. The molecule has 3 rings (SSSR count). The SMILES string of the molecule is COc1ccc(Cc2noc([C@@H]3CCCN3)n2)cc1. The summed E-state index contributed by atoms with van der Waals surface area (Å²) in [5.74, 6) is 2.29. The molecule has 1 N–H and O–H groups in total. The van der Waals surface area contributed by atoms with Gasteiger partial charge >= 0.3 is 0 Å². The normalized spacial score (nSPS) is 18.7. The summed E-state index contributed by atoms with van der Waals surface area (Å²) in [5.41, 5.74) is 1.15. The van der Waals surface area contributed by atoms with Gasteiger partial charge in [-0.2, -0.15) is 4.98 Å². The Hall–Kier alpha value is -1.88. The van der Waals surface area contributed by atoms with Crippen LogP contribution in [-0.4, -0.2) is 23.8 Å². The number of hydrogen-bond donors (Lipinski definition) is 1. The van der Waals surface area contributed by atoms with Crippen LogP contribution in [-0.2, 0) is 6.42 Å². The highest BCUT2D eigenvalue weighted by molar-refractivity contribution is 5.28. The fraction of sp³-hybridized carbons (Fsp3) is 0.429. The minimum Gasteiger partial charge on any atom is -0.497 e. The Morgan fingerprint density at radius 2 is 2.21 bits per heavy atom. The summed E-state index contributed by atoms with van der Waals surface area (Å²) in [6.07, 6.45) is 2.92. The number of aromatic nitrogens is 2. The van der Waals surface area contributed by atoms with Gasteiger partial charge in [0.15, 0.2) is 5.82 Å². The Bertz CT molecular complexity index is 530. The van der Waals surface area contributed by atoms with Crippen molar-refractivity contribution in [2.45, 2.75) is 25.3 Å². The average Bonchev–Trinajstić information content (AvgIpc) is 3.10. The van der Waals surface area contributed by atoms with Gasteiger partial charge in [0.25, 0.3) is 0 Å². The molecule has 1 saturated heterocycles. The van der Waals surface area contributed by atoms with Gasteiger partial charge in [0.1, 0.15) is 5.75 Å². The van der Waals surface area contributed by atoms with Crippen LogP contribution in [0.1, 0.15) is 36.2 Å². The lowest BCUT2D eigenvalue weighted by molar-refractivity contribution is 0.341. The predicted octanol–water partition coefficient (Wildman–Crippen LogP) is 2.09. The molecule has 5 heteroatoms. The van der Waals surface area contributed by atoms with Gasteiger partial charge in [-0.15, -0.1) is 0 Å². The molecule has 1 fully saturated rings. The van der Waals surface area contributed by atoms with Gasteiger partial charge < -0.3 is 14.6 Å². The third-order valence-corrected chi connectivity index (χ3v) is 3.36. The molecular formula is C14H17N3O2. The number of nitrogens with one attached hydrogen (secondary N) is 1. The van der Waals surface area contributed by atoms with Crippen LogP contribution < -0.4 is 10.1 Å². The zero-order valence-corrected chi connectivity index (χ0v) is 10.9. The molecule has 19 heavy (non-hydrogen) atoms. The Morgan fingerprint density at radius 3 is 2.89 bits per heavy atom. The molecular weight excluding hydrogens is 242 g/mol. The number of methoxy groups -OCH3 is 1. The third-order valence-electron chi connectivity index (χ3n) is 3.36. The van der Waals surface area contributed by atoms with Crippen molar-refractivity contribution in [1.29, 1.82) is 0 Å². The van der Waals surface area contributed by atoms with E-state index in [0.29, 0.717) is 12.3 Å². The first-order valence-corrected chi connectivity index (χ1v) is 6.54. The zero-order chi connectivity index (χ0) is 13.1. The van der Waals surface area contributed by atoms with Crippen molar-refractivity contribution in [2.24, 2.45) is 0 Å². The summed E-state index contributed by atoms with van der Waals surface area (Å²) in [6.45, 7) is 1.03. The highest BCUT2D eigenvalue weighted by Crippen LogP contribution is 2.21. The van der Waals surface area contributed by atoms with E-state index in [0.717, 1.165) is 30.1 Å². The Balaban J connectivity index is 1.68. The largest absolute Gasteiger partial charge is 0.497 e. The fourth-order valence-electron chi connectivity index (χ4n) is 2.30. The maximum absolute atomic E-state index is 5.32. The molecule has 0 bridgehead atoms. The van der Waals surface area contributed by atoms with Crippen LogP contribution in [0, 0.1) is 0 Å². The molecule has 2 heterocycles. The molecule has 1 aliphatic heterocycles. The van der Waals surface area contributed by atoms with Crippen LogP contribution in [0.5, 0.6) is 5.75 Å². The molecule has 1 aromatic heterocycles. The minimum atomic E-state index is 0.233. The lowest BCUT2D eigenvalue weighted by atomic mass is 10.1. The highest BCUT2D eigenvalue weighted by Gasteiger charge is 2.22. The molecule has 1 atom stereocenters. The van der Waals surface area contributed by atoms with Gasteiger partial charge in [0.05, 0.1) is 13.2 Å². The second-order valence-corrected chi connectivity index (χ2v) is 4.72. The second kappa shape index (κ2) is 5.40. The van der Waals surface area contributed by atoms with Crippen molar-refractivity contribution >= 4 is 0 Å². The summed E-state index contributed by atoms with van der Waals surface area (Å²) in [5, 5.41) is 7.39. The molecule has 0 aliphatic carbocycles. The first kappa shape index (κ1) is 12.2. The number of hydrogen-bond acceptors (Lipinski definition) is 5. The smallest absolute Gasteiger partial charge is 0.243 e. The maximum atomic E-state index is 5.32.